The third kappa shape index (κ3) is 3.80. The third-order valence-electron chi connectivity index (χ3n) is 2.41. The predicted octanol–water partition coefficient (Wildman–Crippen LogP) is 3.50. The van der Waals surface area contributed by atoms with Crippen LogP contribution in [-0.4, -0.2) is 11.8 Å². The zero-order chi connectivity index (χ0) is 12.1. The highest BCUT2D eigenvalue weighted by Gasteiger charge is 2.14. The summed E-state index contributed by atoms with van der Waals surface area (Å²) < 4.78 is 1.03. The monoisotopic (exact) mass is 303 g/mol. The standard InChI is InChI=1S/C12H15BrClNO/c1-8(7-14)12(16)15-9(2)10-3-5-11(13)6-4-10/h3-6,8-9H,7H2,1-2H3,(H,15,16)/t8?,9-/m0/s1. The fourth-order valence-corrected chi connectivity index (χ4v) is 1.66. The third-order valence-corrected chi connectivity index (χ3v) is 3.40. The second-order valence-corrected chi connectivity index (χ2v) is 5.06. The molecule has 1 amide bonds. The Bertz CT molecular complexity index is 353. The molecule has 4 heteroatoms. The Kier molecular flexibility index (Phi) is 5.29. The maximum absolute atomic E-state index is 11.6. The van der Waals surface area contributed by atoms with Crippen LogP contribution in [0.2, 0.25) is 0 Å². The molecule has 16 heavy (non-hydrogen) atoms. The lowest BCUT2D eigenvalue weighted by atomic mass is 10.1. The molecule has 0 spiro atoms. The Morgan fingerprint density at radius 3 is 2.44 bits per heavy atom. The number of alkyl halides is 1. The minimum Gasteiger partial charge on any atom is -0.349 e. The SMILES string of the molecule is CC(CCl)C(=O)N[C@@H](C)c1ccc(Br)cc1. The van der Waals surface area contributed by atoms with Crippen molar-refractivity contribution in [2.24, 2.45) is 5.92 Å². The van der Waals surface area contributed by atoms with Crippen LogP contribution in [-0.2, 0) is 4.79 Å². The van der Waals surface area contributed by atoms with Gasteiger partial charge in [-0.3, -0.25) is 4.79 Å². The fraction of sp³-hybridized carbons (Fsp3) is 0.417. The average Bonchev–Trinajstić information content (AvgIpc) is 2.28. The second kappa shape index (κ2) is 6.26. The molecule has 0 aromatic heterocycles. The van der Waals surface area contributed by atoms with Gasteiger partial charge in [0, 0.05) is 16.3 Å². The van der Waals surface area contributed by atoms with Crippen LogP contribution >= 0.6 is 27.5 Å². The Hall–Kier alpha value is -0.540. The summed E-state index contributed by atoms with van der Waals surface area (Å²) in [4.78, 5) is 11.6. The molecular weight excluding hydrogens is 289 g/mol. The number of hydrogen-bond acceptors (Lipinski definition) is 1. The largest absolute Gasteiger partial charge is 0.349 e. The number of benzene rings is 1. The van der Waals surface area contributed by atoms with Crippen molar-refractivity contribution in [2.75, 3.05) is 5.88 Å². The van der Waals surface area contributed by atoms with E-state index in [2.05, 4.69) is 21.2 Å². The molecule has 0 radical (unpaired) electrons. The van der Waals surface area contributed by atoms with Crippen molar-refractivity contribution in [3.63, 3.8) is 0 Å². The number of amides is 1. The molecule has 0 heterocycles. The van der Waals surface area contributed by atoms with Gasteiger partial charge in [-0.05, 0) is 24.6 Å². The van der Waals surface area contributed by atoms with Crippen LogP contribution in [0.3, 0.4) is 0 Å². The van der Waals surface area contributed by atoms with Gasteiger partial charge >= 0.3 is 0 Å². The number of carbonyl (C=O) groups excluding carboxylic acids is 1. The number of hydrogen-bond donors (Lipinski definition) is 1. The molecule has 1 N–H and O–H groups in total. The number of halogens is 2. The summed E-state index contributed by atoms with van der Waals surface area (Å²) in [6, 6.07) is 7.90. The molecule has 1 aromatic rings. The first-order valence-corrected chi connectivity index (χ1v) is 6.49. The zero-order valence-corrected chi connectivity index (χ0v) is 11.7. The van der Waals surface area contributed by atoms with Gasteiger partial charge in [0.15, 0.2) is 0 Å². The van der Waals surface area contributed by atoms with Crippen molar-refractivity contribution in [3.8, 4) is 0 Å². The van der Waals surface area contributed by atoms with Crippen molar-refractivity contribution in [1.29, 1.82) is 0 Å². The van der Waals surface area contributed by atoms with Crippen LogP contribution in [0.5, 0.6) is 0 Å². The maximum Gasteiger partial charge on any atom is 0.224 e. The second-order valence-electron chi connectivity index (χ2n) is 3.84. The normalized spacial score (nSPS) is 14.2. The summed E-state index contributed by atoms with van der Waals surface area (Å²) in [5.74, 6) is 0.184. The van der Waals surface area contributed by atoms with E-state index in [-0.39, 0.29) is 17.9 Å². The fourth-order valence-electron chi connectivity index (χ4n) is 1.26. The van der Waals surface area contributed by atoms with Gasteiger partial charge in [-0.1, -0.05) is 35.0 Å². The first-order chi connectivity index (χ1) is 7.54. The first kappa shape index (κ1) is 13.5. The van der Waals surface area contributed by atoms with E-state index >= 15 is 0 Å². The number of nitrogens with one attached hydrogen (secondary N) is 1. The quantitative estimate of drug-likeness (QED) is 0.848. The van der Waals surface area contributed by atoms with Gasteiger partial charge in [-0.25, -0.2) is 0 Å². The van der Waals surface area contributed by atoms with Gasteiger partial charge in [0.05, 0.1) is 6.04 Å². The highest BCUT2D eigenvalue weighted by atomic mass is 79.9. The van der Waals surface area contributed by atoms with Crippen LogP contribution in [0.15, 0.2) is 28.7 Å². The average molecular weight is 305 g/mol. The van der Waals surface area contributed by atoms with E-state index in [1.807, 2.05) is 38.1 Å². The molecule has 2 atom stereocenters. The van der Waals surface area contributed by atoms with Crippen LogP contribution in [0.4, 0.5) is 0 Å². The van der Waals surface area contributed by atoms with Crippen molar-refractivity contribution in [3.05, 3.63) is 34.3 Å². The van der Waals surface area contributed by atoms with Crippen LogP contribution in [0, 0.1) is 5.92 Å². The Labute approximate surface area is 110 Å². The van der Waals surface area contributed by atoms with Gasteiger partial charge in [0.25, 0.3) is 0 Å². The molecule has 0 aliphatic heterocycles. The molecule has 88 valence electrons. The van der Waals surface area contributed by atoms with Crippen molar-refractivity contribution in [2.45, 2.75) is 19.9 Å². The van der Waals surface area contributed by atoms with Crippen molar-refractivity contribution in [1.82, 2.24) is 5.32 Å². The summed E-state index contributed by atoms with van der Waals surface area (Å²) in [7, 11) is 0. The molecule has 0 saturated carbocycles. The Morgan fingerprint density at radius 2 is 1.94 bits per heavy atom. The lowest BCUT2D eigenvalue weighted by Crippen LogP contribution is -2.32. The zero-order valence-electron chi connectivity index (χ0n) is 9.34. The Morgan fingerprint density at radius 1 is 1.38 bits per heavy atom. The predicted molar refractivity (Wildman–Crippen MR) is 70.6 cm³/mol. The van der Waals surface area contributed by atoms with Crippen molar-refractivity contribution >= 4 is 33.4 Å². The smallest absolute Gasteiger partial charge is 0.224 e. The van der Waals surface area contributed by atoms with E-state index in [9.17, 15) is 4.79 Å². The van der Waals surface area contributed by atoms with Gasteiger partial charge in [-0.2, -0.15) is 0 Å². The van der Waals surface area contributed by atoms with Crippen LogP contribution < -0.4 is 5.32 Å². The van der Waals surface area contributed by atoms with Gasteiger partial charge in [0.2, 0.25) is 5.91 Å². The lowest BCUT2D eigenvalue weighted by molar-refractivity contribution is -0.124. The maximum atomic E-state index is 11.6. The Balaban J connectivity index is 2.62. The number of rotatable bonds is 4. The molecule has 2 nitrogen and oxygen atoms in total. The molecule has 1 rings (SSSR count). The molecule has 0 saturated heterocycles. The summed E-state index contributed by atoms with van der Waals surface area (Å²) in [5, 5.41) is 2.93. The summed E-state index contributed by atoms with van der Waals surface area (Å²) in [6.07, 6.45) is 0. The van der Waals surface area contributed by atoms with Gasteiger partial charge in [-0.15, -0.1) is 11.6 Å². The van der Waals surface area contributed by atoms with Gasteiger partial charge in [0.1, 0.15) is 0 Å². The van der Waals surface area contributed by atoms with E-state index in [0.29, 0.717) is 5.88 Å². The summed E-state index contributed by atoms with van der Waals surface area (Å²) >= 11 is 9.01. The molecule has 0 aliphatic rings. The highest BCUT2D eigenvalue weighted by molar-refractivity contribution is 9.10. The highest BCUT2D eigenvalue weighted by Crippen LogP contribution is 2.16. The summed E-state index contributed by atoms with van der Waals surface area (Å²) in [6.45, 7) is 3.78. The molecule has 1 aromatic carbocycles. The van der Waals surface area contributed by atoms with E-state index in [0.717, 1.165) is 10.0 Å². The van der Waals surface area contributed by atoms with Crippen LogP contribution in [0.25, 0.3) is 0 Å². The van der Waals surface area contributed by atoms with E-state index < -0.39 is 0 Å². The van der Waals surface area contributed by atoms with Crippen molar-refractivity contribution < 1.29 is 4.79 Å². The minimum atomic E-state index is -0.153. The number of carbonyl (C=O) groups is 1. The topological polar surface area (TPSA) is 29.1 Å². The molecule has 0 aliphatic carbocycles. The minimum absolute atomic E-state index is 0.00580. The molecular formula is C12H15BrClNO. The lowest BCUT2D eigenvalue weighted by Gasteiger charge is -2.16. The molecule has 0 bridgehead atoms. The molecule has 1 unspecified atom stereocenters. The van der Waals surface area contributed by atoms with Crippen LogP contribution in [0.1, 0.15) is 25.5 Å². The van der Waals surface area contributed by atoms with E-state index in [1.165, 1.54) is 0 Å². The first-order valence-electron chi connectivity index (χ1n) is 5.16. The van der Waals surface area contributed by atoms with E-state index in [4.69, 9.17) is 11.6 Å². The molecule has 0 fully saturated rings. The van der Waals surface area contributed by atoms with E-state index in [1.54, 1.807) is 0 Å². The summed E-state index contributed by atoms with van der Waals surface area (Å²) in [5.41, 5.74) is 1.08. The van der Waals surface area contributed by atoms with Gasteiger partial charge < -0.3 is 5.32 Å².